The van der Waals surface area contributed by atoms with Crippen LogP contribution in [0.1, 0.15) is 136 Å². The molecule has 0 rings (SSSR count). The molecule has 55 heavy (non-hydrogen) atoms. The van der Waals surface area contributed by atoms with Gasteiger partial charge in [0.1, 0.15) is 12.7 Å². The Hall–Kier alpha value is -2.19. The molecule has 0 aliphatic rings. The second kappa shape index (κ2) is 35.0. The molecule has 320 valence electrons. The third kappa shape index (κ3) is 33.6. The summed E-state index contributed by atoms with van der Waals surface area (Å²) in [5.74, 6) is -0.478. The SMILES string of the molecule is CCCCC[C@@H](O)/C=C/C=C\C=C\C=C\[C@@H](O)[C@H](O)CCCC(=O)OC[C@H](COP(=O)(O)OC[C@@H](O)CO)OC(=O)CCCCCCCCCCC(C)CC. The van der Waals surface area contributed by atoms with Crippen LogP contribution >= 0.6 is 7.82 Å². The zero-order valence-electron chi connectivity index (χ0n) is 33.6. The number of allylic oxidation sites excluding steroid dienone is 6. The molecule has 0 aliphatic carbocycles. The molecule has 13 nitrogen and oxygen atoms in total. The van der Waals surface area contributed by atoms with Gasteiger partial charge in [-0.25, -0.2) is 4.57 Å². The third-order valence-electron chi connectivity index (χ3n) is 8.89. The van der Waals surface area contributed by atoms with Gasteiger partial charge in [0.25, 0.3) is 0 Å². The van der Waals surface area contributed by atoms with Gasteiger partial charge >= 0.3 is 19.8 Å². The van der Waals surface area contributed by atoms with Crippen LogP contribution in [0.5, 0.6) is 0 Å². The van der Waals surface area contributed by atoms with Gasteiger partial charge in [-0.1, -0.05) is 146 Å². The summed E-state index contributed by atoms with van der Waals surface area (Å²) in [7, 11) is -4.70. The summed E-state index contributed by atoms with van der Waals surface area (Å²) in [6.07, 6.45) is 23.2. The van der Waals surface area contributed by atoms with E-state index in [1.807, 2.05) is 0 Å². The molecule has 0 bridgehead atoms. The lowest BCUT2D eigenvalue weighted by Crippen LogP contribution is -2.30. The first-order chi connectivity index (χ1) is 26.3. The third-order valence-corrected chi connectivity index (χ3v) is 9.84. The van der Waals surface area contributed by atoms with Crippen molar-refractivity contribution in [3.63, 3.8) is 0 Å². The molecule has 0 aromatic heterocycles. The number of hydrogen-bond acceptors (Lipinski definition) is 12. The van der Waals surface area contributed by atoms with Crippen molar-refractivity contribution in [3.05, 3.63) is 48.6 Å². The number of aliphatic hydroxyl groups excluding tert-OH is 5. The lowest BCUT2D eigenvalue weighted by molar-refractivity contribution is -0.161. The van der Waals surface area contributed by atoms with Gasteiger partial charge in [0.05, 0.1) is 38.1 Å². The first-order valence-electron chi connectivity index (χ1n) is 20.3. The Morgan fingerprint density at radius 3 is 1.85 bits per heavy atom. The number of phosphoric ester groups is 1. The summed E-state index contributed by atoms with van der Waals surface area (Å²) in [4.78, 5) is 34.9. The lowest BCUT2D eigenvalue weighted by atomic mass is 9.99. The van der Waals surface area contributed by atoms with E-state index in [0.717, 1.165) is 57.3 Å². The summed E-state index contributed by atoms with van der Waals surface area (Å²) in [6.45, 7) is 4.15. The van der Waals surface area contributed by atoms with Crippen molar-refractivity contribution in [1.29, 1.82) is 0 Å². The van der Waals surface area contributed by atoms with Crippen LogP contribution in [0.25, 0.3) is 0 Å². The van der Waals surface area contributed by atoms with Crippen LogP contribution in [0.4, 0.5) is 0 Å². The predicted octanol–water partition coefficient (Wildman–Crippen LogP) is 6.93. The Morgan fingerprint density at radius 2 is 1.22 bits per heavy atom. The van der Waals surface area contributed by atoms with Crippen molar-refractivity contribution in [1.82, 2.24) is 0 Å². The molecule has 0 radical (unpaired) electrons. The Kier molecular flexibility index (Phi) is 33.6. The van der Waals surface area contributed by atoms with Crippen LogP contribution in [0.15, 0.2) is 48.6 Å². The van der Waals surface area contributed by atoms with Gasteiger partial charge in [-0.2, -0.15) is 0 Å². The number of carbonyl (C=O) groups is 2. The molecular weight excluding hydrogens is 731 g/mol. The summed E-state index contributed by atoms with van der Waals surface area (Å²) in [5.41, 5.74) is 0. The number of carbonyl (C=O) groups excluding carboxylic acids is 2. The number of phosphoric acid groups is 1. The van der Waals surface area contributed by atoms with Gasteiger partial charge < -0.3 is 39.9 Å². The fourth-order valence-electron chi connectivity index (χ4n) is 5.17. The molecule has 0 fully saturated rings. The normalized spacial score (nSPS) is 16.7. The fourth-order valence-corrected chi connectivity index (χ4v) is 5.96. The van der Waals surface area contributed by atoms with Gasteiger partial charge in [-0.05, 0) is 31.6 Å². The van der Waals surface area contributed by atoms with Crippen molar-refractivity contribution in [2.24, 2.45) is 5.92 Å². The van der Waals surface area contributed by atoms with Crippen LogP contribution in [-0.2, 0) is 32.7 Å². The maximum Gasteiger partial charge on any atom is 0.472 e. The molecule has 0 aliphatic heterocycles. The smallest absolute Gasteiger partial charge is 0.462 e. The van der Waals surface area contributed by atoms with E-state index >= 15 is 0 Å². The Morgan fingerprint density at radius 1 is 0.655 bits per heavy atom. The molecule has 0 aromatic carbocycles. The Bertz CT molecular complexity index is 1130. The molecule has 14 heteroatoms. The van der Waals surface area contributed by atoms with E-state index in [4.69, 9.17) is 19.1 Å². The largest absolute Gasteiger partial charge is 0.472 e. The van der Waals surface area contributed by atoms with E-state index in [9.17, 15) is 39.5 Å². The number of esters is 2. The maximum absolute atomic E-state index is 12.6. The highest BCUT2D eigenvalue weighted by atomic mass is 31.2. The summed E-state index contributed by atoms with van der Waals surface area (Å²) >= 11 is 0. The predicted molar refractivity (Wildman–Crippen MR) is 214 cm³/mol. The van der Waals surface area contributed by atoms with Crippen LogP contribution in [0.2, 0.25) is 0 Å². The summed E-state index contributed by atoms with van der Waals surface area (Å²) in [5, 5.41) is 48.7. The number of hydrogen-bond donors (Lipinski definition) is 6. The standard InChI is InChI=1S/C41H73O13P/c1-4-6-17-24-35(43)25-19-14-11-12-15-20-26-38(45)39(46)27-22-29-40(47)51-32-37(33-53-55(49,50)52-31-36(44)30-42)54-41(48)28-21-16-10-8-7-9-13-18-23-34(3)5-2/h11-12,14-15,19-20,25-26,34-39,42-46H,4-10,13,16-18,21-24,27-33H2,1-3H3,(H,49,50)/b14-11-,15-12+,25-19+,26-20+/t34?,35-,36+,37-,38-,39-/m1/s1. The second-order valence-electron chi connectivity index (χ2n) is 14.1. The van der Waals surface area contributed by atoms with Crippen molar-refractivity contribution in [2.45, 2.75) is 167 Å². The highest BCUT2D eigenvalue weighted by Crippen LogP contribution is 2.43. The molecule has 0 saturated carbocycles. The number of ether oxygens (including phenoxy) is 2. The van der Waals surface area contributed by atoms with Gasteiger partial charge in [0, 0.05) is 12.8 Å². The van der Waals surface area contributed by atoms with Crippen LogP contribution in [-0.4, -0.2) is 99.3 Å². The zero-order valence-corrected chi connectivity index (χ0v) is 34.5. The van der Waals surface area contributed by atoms with Crippen LogP contribution in [0, 0.1) is 5.92 Å². The quantitative estimate of drug-likeness (QED) is 0.0164. The fraction of sp³-hybridized carbons (Fsp3) is 0.756. The van der Waals surface area contributed by atoms with Crippen molar-refractivity contribution in [3.8, 4) is 0 Å². The van der Waals surface area contributed by atoms with Crippen molar-refractivity contribution in [2.75, 3.05) is 26.4 Å². The topological polar surface area (TPSA) is 210 Å². The monoisotopic (exact) mass is 804 g/mol. The second-order valence-corrected chi connectivity index (χ2v) is 15.6. The minimum Gasteiger partial charge on any atom is -0.462 e. The summed E-state index contributed by atoms with van der Waals surface area (Å²) < 4.78 is 32.4. The average molecular weight is 805 g/mol. The van der Waals surface area contributed by atoms with E-state index in [1.54, 1.807) is 42.5 Å². The van der Waals surface area contributed by atoms with Gasteiger partial charge in [0.2, 0.25) is 0 Å². The number of unbranched alkanes of at least 4 members (excludes halogenated alkanes) is 9. The van der Waals surface area contributed by atoms with E-state index in [0.29, 0.717) is 6.42 Å². The van der Waals surface area contributed by atoms with Gasteiger partial charge in [-0.15, -0.1) is 0 Å². The maximum atomic E-state index is 12.6. The van der Waals surface area contributed by atoms with E-state index in [1.165, 1.54) is 38.2 Å². The highest BCUT2D eigenvalue weighted by molar-refractivity contribution is 7.47. The highest BCUT2D eigenvalue weighted by Gasteiger charge is 2.27. The average Bonchev–Trinajstić information content (AvgIpc) is 3.16. The van der Waals surface area contributed by atoms with Crippen molar-refractivity contribution >= 4 is 19.8 Å². The molecule has 0 aromatic rings. The molecule has 0 amide bonds. The van der Waals surface area contributed by atoms with Crippen LogP contribution in [0.3, 0.4) is 0 Å². The minimum atomic E-state index is -4.70. The molecular formula is C41H73O13P. The lowest BCUT2D eigenvalue weighted by Gasteiger charge is -2.20. The van der Waals surface area contributed by atoms with Gasteiger partial charge in [0.15, 0.2) is 6.10 Å². The first-order valence-corrected chi connectivity index (χ1v) is 21.8. The van der Waals surface area contributed by atoms with Gasteiger partial charge in [-0.3, -0.25) is 18.6 Å². The zero-order chi connectivity index (χ0) is 41.2. The van der Waals surface area contributed by atoms with Crippen LogP contribution < -0.4 is 0 Å². The van der Waals surface area contributed by atoms with E-state index in [-0.39, 0.29) is 25.7 Å². The molecule has 7 atom stereocenters. The molecule has 0 heterocycles. The Labute approximate surface area is 330 Å². The van der Waals surface area contributed by atoms with E-state index < -0.39 is 76.7 Å². The molecule has 0 saturated heterocycles. The Balaban J connectivity index is 4.69. The summed E-state index contributed by atoms with van der Waals surface area (Å²) in [6, 6.07) is 0. The minimum absolute atomic E-state index is 0.0973. The number of rotatable bonds is 36. The molecule has 6 N–H and O–H groups in total. The van der Waals surface area contributed by atoms with Crippen molar-refractivity contribution < 1.29 is 63.1 Å². The molecule has 2 unspecified atom stereocenters. The molecule has 0 spiro atoms. The first kappa shape index (κ1) is 52.8. The van der Waals surface area contributed by atoms with E-state index in [2.05, 4.69) is 25.3 Å². The number of aliphatic hydroxyl groups is 5.